The van der Waals surface area contributed by atoms with Crippen LogP contribution in [0.1, 0.15) is 12.5 Å². The third-order valence-corrected chi connectivity index (χ3v) is 3.09. The Morgan fingerprint density at radius 3 is 2.75 bits per heavy atom. The lowest BCUT2D eigenvalue weighted by atomic mass is 9.90. The van der Waals surface area contributed by atoms with Crippen LogP contribution in [0.5, 0.6) is 0 Å². The maximum Gasteiger partial charge on any atom is 0.407 e. The van der Waals surface area contributed by atoms with Gasteiger partial charge in [-0.15, -0.1) is 0 Å². The molecule has 0 bridgehead atoms. The van der Waals surface area contributed by atoms with E-state index in [1.165, 1.54) is 4.90 Å². The van der Waals surface area contributed by atoms with Crippen LogP contribution in [0.4, 0.5) is 4.79 Å². The van der Waals surface area contributed by atoms with Crippen LogP contribution >= 0.6 is 0 Å². The average Bonchev–Trinajstić information content (AvgIpc) is 2.30. The normalized spacial score (nSPS) is 25.4. The van der Waals surface area contributed by atoms with E-state index >= 15 is 0 Å². The molecular formula is C12H16N2O2. The van der Waals surface area contributed by atoms with Crippen molar-refractivity contribution < 1.29 is 9.90 Å². The molecule has 4 nitrogen and oxygen atoms in total. The summed E-state index contributed by atoms with van der Waals surface area (Å²) in [5.74, 6) is 0. The molecular weight excluding hydrogens is 204 g/mol. The Labute approximate surface area is 94.9 Å². The fourth-order valence-corrected chi connectivity index (χ4v) is 2.15. The lowest BCUT2D eigenvalue weighted by Gasteiger charge is -2.40. The van der Waals surface area contributed by atoms with Gasteiger partial charge in [0.05, 0.1) is 5.54 Å². The second-order valence-electron chi connectivity index (χ2n) is 4.33. The number of hydrogen-bond acceptors (Lipinski definition) is 2. The predicted octanol–water partition coefficient (Wildman–Crippen LogP) is 1.49. The maximum absolute atomic E-state index is 11.0. The van der Waals surface area contributed by atoms with Crippen LogP contribution < -0.4 is 5.32 Å². The van der Waals surface area contributed by atoms with E-state index in [1.54, 1.807) is 0 Å². The van der Waals surface area contributed by atoms with Crippen LogP contribution in [0, 0.1) is 0 Å². The van der Waals surface area contributed by atoms with E-state index in [-0.39, 0.29) is 5.54 Å². The van der Waals surface area contributed by atoms with Gasteiger partial charge in [0.15, 0.2) is 0 Å². The highest BCUT2D eigenvalue weighted by molar-refractivity contribution is 5.65. The Balaban J connectivity index is 2.22. The summed E-state index contributed by atoms with van der Waals surface area (Å²) in [7, 11) is 0. The van der Waals surface area contributed by atoms with E-state index in [0.717, 1.165) is 5.56 Å². The number of rotatable bonds is 1. The molecule has 16 heavy (non-hydrogen) atoms. The Morgan fingerprint density at radius 2 is 2.12 bits per heavy atom. The zero-order valence-corrected chi connectivity index (χ0v) is 9.31. The first-order chi connectivity index (χ1) is 7.62. The molecule has 1 saturated heterocycles. The van der Waals surface area contributed by atoms with Crippen molar-refractivity contribution in [1.82, 2.24) is 10.2 Å². The maximum atomic E-state index is 11.0. The summed E-state index contributed by atoms with van der Waals surface area (Å²) in [6, 6.07) is 9.96. The molecule has 1 fully saturated rings. The van der Waals surface area contributed by atoms with Gasteiger partial charge in [0, 0.05) is 19.6 Å². The first-order valence-electron chi connectivity index (χ1n) is 5.40. The molecule has 4 heteroatoms. The Morgan fingerprint density at radius 1 is 1.44 bits per heavy atom. The summed E-state index contributed by atoms with van der Waals surface area (Å²) < 4.78 is 0. The number of nitrogens with one attached hydrogen (secondary N) is 1. The van der Waals surface area contributed by atoms with E-state index in [1.807, 2.05) is 37.3 Å². The second-order valence-corrected chi connectivity index (χ2v) is 4.33. The summed E-state index contributed by atoms with van der Waals surface area (Å²) in [5.41, 5.74) is 0.846. The Kier molecular flexibility index (Phi) is 2.83. The van der Waals surface area contributed by atoms with Crippen molar-refractivity contribution in [2.75, 3.05) is 19.6 Å². The molecule has 1 aliphatic rings. The quantitative estimate of drug-likeness (QED) is 0.753. The van der Waals surface area contributed by atoms with E-state index in [9.17, 15) is 4.79 Å². The first kappa shape index (κ1) is 11.0. The summed E-state index contributed by atoms with van der Waals surface area (Å²) in [5, 5.41) is 12.4. The minimum atomic E-state index is -0.844. The molecule has 1 unspecified atom stereocenters. The van der Waals surface area contributed by atoms with Gasteiger partial charge in [-0.2, -0.15) is 0 Å². The molecule has 0 spiro atoms. The fourth-order valence-electron chi connectivity index (χ4n) is 2.15. The van der Waals surface area contributed by atoms with Gasteiger partial charge in [-0.05, 0) is 12.5 Å². The molecule has 2 rings (SSSR count). The van der Waals surface area contributed by atoms with Crippen LogP contribution in [0.2, 0.25) is 0 Å². The highest BCUT2D eigenvalue weighted by Crippen LogP contribution is 2.24. The van der Waals surface area contributed by atoms with Crippen LogP contribution in [-0.2, 0) is 5.54 Å². The van der Waals surface area contributed by atoms with Gasteiger partial charge in [0.1, 0.15) is 0 Å². The van der Waals surface area contributed by atoms with Gasteiger partial charge >= 0.3 is 6.09 Å². The molecule has 0 radical (unpaired) electrons. The molecule has 0 saturated carbocycles. The SMILES string of the molecule is CC1(c2ccccc2)CN(C(=O)O)CCN1. The van der Waals surface area contributed by atoms with Crippen molar-refractivity contribution in [2.45, 2.75) is 12.5 Å². The van der Waals surface area contributed by atoms with Crippen molar-refractivity contribution in [3.8, 4) is 0 Å². The average molecular weight is 220 g/mol. The molecule has 1 atom stereocenters. The van der Waals surface area contributed by atoms with E-state index in [4.69, 9.17) is 5.11 Å². The summed E-state index contributed by atoms with van der Waals surface area (Å²) in [6.45, 7) is 3.78. The van der Waals surface area contributed by atoms with Gasteiger partial charge in [0.25, 0.3) is 0 Å². The van der Waals surface area contributed by atoms with Gasteiger partial charge in [-0.25, -0.2) is 4.79 Å². The Bertz CT molecular complexity index is 380. The number of amides is 1. The predicted molar refractivity (Wildman–Crippen MR) is 61.4 cm³/mol. The minimum absolute atomic E-state index is 0.280. The lowest BCUT2D eigenvalue weighted by molar-refractivity contribution is 0.108. The molecule has 86 valence electrons. The number of carbonyl (C=O) groups is 1. The minimum Gasteiger partial charge on any atom is -0.465 e. The number of nitrogens with zero attached hydrogens (tertiary/aromatic N) is 1. The van der Waals surface area contributed by atoms with Crippen LogP contribution in [0.3, 0.4) is 0 Å². The van der Waals surface area contributed by atoms with E-state index in [0.29, 0.717) is 19.6 Å². The van der Waals surface area contributed by atoms with Crippen LogP contribution in [0.25, 0.3) is 0 Å². The largest absolute Gasteiger partial charge is 0.465 e. The number of hydrogen-bond donors (Lipinski definition) is 2. The van der Waals surface area contributed by atoms with Crippen LogP contribution in [-0.4, -0.2) is 35.7 Å². The lowest BCUT2D eigenvalue weighted by Crippen LogP contribution is -2.57. The van der Waals surface area contributed by atoms with Crippen LogP contribution in [0.15, 0.2) is 30.3 Å². The van der Waals surface area contributed by atoms with Gasteiger partial charge in [-0.3, -0.25) is 0 Å². The van der Waals surface area contributed by atoms with Crippen molar-refractivity contribution in [1.29, 1.82) is 0 Å². The standard InChI is InChI=1S/C12H16N2O2/c1-12(10-5-3-2-4-6-10)9-14(11(15)16)8-7-13-12/h2-6,13H,7-9H2,1H3,(H,15,16). The van der Waals surface area contributed by atoms with E-state index in [2.05, 4.69) is 5.32 Å². The van der Waals surface area contributed by atoms with Gasteiger partial charge in [0.2, 0.25) is 0 Å². The van der Waals surface area contributed by atoms with Crippen molar-refractivity contribution >= 4 is 6.09 Å². The highest BCUT2D eigenvalue weighted by Gasteiger charge is 2.33. The summed E-state index contributed by atoms with van der Waals surface area (Å²) >= 11 is 0. The topological polar surface area (TPSA) is 52.6 Å². The number of benzene rings is 1. The first-order valence-corrected chi connectivity index (χ1v) is 5.40. The third-order valence-electron chi connectivity index (χ3n) is 3.09. The summed E-state index contributed by atoms with van der Waals surface area (Å²) in [4.78, 5) is 12.4. The monoisotopic (exact) mass is 220 g/mol. The molecule has 0 aromatic heterocycles. The number of piperazine rings is 1. The second kappa shape index (κ2) is 4.14. The fraction of sp³-hybridized carbons (Fsp3) is 0.417. The highest BCUT2D eigenvalue weighted by atomic mass is 16.4. The molecule has 0 aliphatic carbocycles. The third kappa shape index (κ3) is 2.02. The zero-order chi connectivity index (χ0) is 11.6. The molecule has 1 aromatic rings. The van der Waals surface area contributed by atoms with Gasteiger partial charge in [-0.1, -0.05) is 30.3 Å². The van der Waals surface area contributed by atoms with Crippen molar-refractivity contribution in [3.05, 3.63) is 35.9 Å². The molecule has 1 aliphatic heterocycles. The van der Waals surface area contributed by atoms with Crippen molar-refractivity contribution in [2.24, 2.45) is 0 Å². The van der Waals surface area contributed by atoms with Crippen molar-refractivity contribution in [3.63, 3.8) is 0 Å². The molecule has 1 aromatic carbocycles. The molecule has 1 heterocycles. The molecule has 2 N–H and O–H groups in total. The smallest absolute Gasteiger partial charge is 0.407 e. The van der Waals surface area contributed by atoms with E-state index < -0.39 is 6.09 Å². The van der Waals surface area contributed by atoms with Gasteiger partial charge < -0.3 is 15.3 Å². The summed E-state index contributed by atoms with van der Waals surface area (Å²) in [6.07, 6.45) is -0.844. The molecule has 1 amide bonds. The zero-order valence-electron chi connectivity index (χ0n) is 9.31. The number of carboxylic acid groups (broad SMARTS) is 1. The Hall–Kier alpha value is -1.55.